The standard InChI is InChI=1S/C7H10O4/c1-3-5-7(11-5,4(2)8)6(9)10/h5H,3H2,1-2H3,(H,9,10). The van der Waals surface area contributed by atoms with Crippen molar-refractivity contribution < 1.29 is 19.4 Å². The number of epoxide rings is 1. The number of carboxylic acids is 1. The number of aliphatic carboxylic acids is 1. The number of ketones is 1. The van der Waals surface area contributed by atoms with Crippen LogP contribution in [0, 0.1) is 0 Å². The van der Waals surface area contributed by atoms with Crippen LogP contribution in [0.3, 0.4) is 0 Å². The van der Waals surface area contributed by atoms with E-state index in [1.807, 2.05) is 0 Å². The molecular formula is C7H10O4. The molecule has 0 aromatic rings. The van der Waals surface area contributed by atoms with Gasteiger partial charge in [-0.3, -0.25) is 4.79 Å². The first-order valence-electron chi connectivity index (χ1n) is 3.48. The molecule has 1 aliphatic heterocycles. The Hall–Kier alpha value is -0.900. The molecular weight excluding hydrogens is 148 g/mol. The summed E-state index contributed by atoms with van der Waals surface area (Å²) >= 11 is 0. The van der Waals surface area contributed by atoms with E-state index in [1.54, 1.807) is 6.92 Å². The van der Waals surface area contributed by atoms with Gasteiger partial charge >= 0.3 is 5.97 Å². The molecule has 0 amide bonds. The van der Waals surface area contributed by atoms with Gasteiger partial charge in [0.1, 0.15) is 6.10 Å². The number of carbonyl (C=O) groups is 2. The summed E-state index contributed by atoms with van der Waals surface area (Å²) in [7, 11) is 0. The van der Waals surface area contributed by atoms with Crippen LogP contribution in [0.5, 0.6) is 0 Å². The zero-order valence-corrected chi connectivity index (χ0v) is 6.46. The predicted octanol–water partition coefficient (Wildman–Crippen LogP) is 0.208. The maximum Gasteiger partial charge on any atom is 0.346 e. The molecule has 1 rings (SSSR count). The normalized spacial score (nSPS) is 34.9. The molecule has 1 N–H and O–H groups in total. The Morgan fingerprint density at radius 3 is 2.27 bits per heavy atom. The van der Waals surface area contributed by atoms with E-state index in [4.69, 9.17) is 9.84 Å². The average molecular weight is 158 g/mol. The Balaban J connectivity index is 2.79. The van der Waals surface area contributed by atoms with Crippen molar-refractivity contribution in [3.05, 3.63) is 0 Å². The van der Waals surface area contributed by atoms with Crippen molar-refractivity contribution >= 4 is 11.8 Å². The summed E-state index contributed by atoms with van der Waals surface area (Å²) in [6, 6.07) is 0. The third kappa shape index (κ3) is 0.939. The highest BCUT2D eigenvalue weighted by atomic mass is 16.6. The van der Waals surface area contributed by atoms with E-state index < -0.39 is 23.5 Å². The number of hydrogen-bond donors (Lipinski definition) is 1. The highest BCUT2D eigenvalue weighted by Crippen LogP contribution is 2.39. The highest BCUT2D eigenvalue weighted by Gasteiger charge is 2.66. The molecule has 0 aliphatic carbocycles. The van der Waals surface area contributed by atoms with E-state index in [2.05, 4.69) is 0 Å². The first-order chi connectivity index (χ1) is 5.05. The fourth-order valence-corrected chi connectivity index (χ4v) is 1.21. The minimum atomic E-state index is -1.51. The molecule has 1 fully saturated rings. The first-order valence-corrected chi connectivity index (χ1v) is 3.48. The number of ether oxygens (including phenoxy) is 1. The molecule has 4 nitrogen and oxygen atoms in total. The number of rotatable bonds is 3. The van der Waals surface area contributed by atoms with E-state index in [1.165, 1.54) is 6.92 Å². The third-order valence-corrected chi connectivity index (χ3v) is 1.94. The van der Waals surface area contributed by atoms with Gasteiger partial charge in [-0.2, -0.15) is 0 Å². The molecule has 11 heavy (non-hydrogen) atoms. The molecule has 1 heterocycles. The lowest BCUT2D eigenvalue weighted by Gasteiger charge is -1.99. The van der Waals surface area contributed by atoms with Gasteiger partial charge in [0.05, 0.1) is 0 Å². The van der Waals surface area contributed by atoms with Gasteiger partial charge in [-0.1, -0.05) is 6.92 Å². The second-order valence-corrected chi connectivity index (χ2v) is 2.61. The molecule has 1 aliphatic rings. The summed E-state index contributed by atoms with van der Waals surface area (Å²) in [4.78, 5) is 21.4. The van der Waals surface area contributed by atoms with Gasteiger partial charge in [0.15, 0.2) is 5.78 Å². The zero-order chi connectivity index (χ0) is 8.65. The minimum Gasteiger partial charge on any atom is -0.479 e. The van der Waals surface area contributed by atoms with Crippen molar-refractivity contribution in [3.63, 3.8) is 0 Å². The first kappa shape index (κ1) is 8.20. The van der Waals surface area contributed by atoms with Crippen LogP contribution >= 0.6 is 0 Å². The van der Waals surface area contributed by atoms with Crippen molar-refractivity contribution in [1.29, 1.82) is 0 Å². The van der Waals surface area contributed by atoms with E-state index >= 15 is 0 Å². The van der Waals surface area contributed by atoms with Gasteiger partial charge in [-0.25, -0.2) is 4.79 Å². The topological polar surface area (TPSA) is 66.9 Å². The van der Waals surface area contributed by atoms with Crippen LogP contribution in [-0.2, 0) is 14.3 Å². The van der Waals surface area contributed by atoms with Gasteiger partial charge < -0.3 is 9.84 Å². The summed E-state index contributed by atoms with van der Waals surface area (Å²) in [5, 5.41) is 8.63. The maximum atomic E-state index is 10.8. The average Bonchev–Trinajstić information content (AvgIpc) is 2.61. The van der Waals surface area contributed by atoms with Crippen LogP contribution < -0.4 is 0 Å². The molecule has 2 atom stereocenters. The van der Waals surface area contributed by atoms with Gasteiger partial charge in [-0.15, -0.1) is 0 Å². The predicted molar refractivity (Wildman–Crippen MR) is 36.2 cm³/mol. The van der Waals surface area contributed by atoms with Gasteiger partial charge in [0.2, 0.25) is 5.60 Å². The lowest BCUT2D eigenvalue weighted by atomic mass is 10.00. The van der Waals surface area contributed by atoms with Crippen molar-refractivity contribution in [1.82, 2.24) is 0 Å². The van der Waals surface area contributed by atoms with E-state index in [9.17, 15) is 9.59 Å². The Morgan fingerprint density at radius 2 is 2.18 bits per heavy atom. The minimum absolute atomic E-state index is 0.419. The number of carboxylic acid groups (broad SMARTS) is 1. The summed E-state index contributed by atoms with van der Waals surface area (Å²) in [6.07, 6.45) is 0.142. The van der Waals surface area contributed by atoms with E-state index in [0.717, 1.165) is 0 Å². The van der Waals surface area contributed by atoms with Crippen LogP contribution in [-0.4, -0.2) is 28.6 Å². The van der Waals surface area contributed by atoms with Crippen molar-refractivity contribution in [2.45, 2.75) is 32.0 Å². The summed E-state index contributed by atoms with van der Waals surface area (Å²) in [5.41, 5.74) is -1.51. The number of hydrogen-bond acceptors (Lipinski definition) is 3. The molecule has 1 saturated heterocycles. The molecule has 2 unspecified atom stereocenters. The van der Waals surface area contributed by atoms with Gasteiger partial charge in [-0.05, 0) is 13.3 Å². The summed E-state index contributed by atoms with van der Waals surface area (Å²) in [5.74, 6) is -1.59. The second-order valence-electron chi connectivity index (χ2n) is 2.61. The highest BCUT2D eigenvalue weighted by molar-refractivity contribution is 6.09. The van der Waals surface area contributed by atoms with Crippen molar-refractivity contribution in [2.24, 2.45) is 0 Å². The Morgan fingerprint density at radius 1 is 1.64 bits per heavy atom. The molecule has 0 aromatic carbocycles. The zero-order valence-electron chi connectivity index (χ0n) is 6.46. The summed E-state index contributed by atoms with van der Waals surface area (Å²) < 4.78 is 4.83. The Bertz CT molecular complexity index is 194. The fraction of sp³-hybridized carbons (Fsp3) is 0.714. The van der Waals surface area contributed by atoms with Crippen LogP contribution in [0.2, 0.25) is 0 Å². The van der Waals surface area contributed by atoms with Crippen LogP contribution in [0.25, 0.3) is 0 Å². The van der Waals surface area contributed by atoms with Crippen molar-refractivity contribution in [3.8, 4) is 0 Å². The van der Waals surface area contributed by atoms with Crippen LogP contribution in [0.4, 0.5) is 0 Å². The van der Waals surface area contributed by atoms with Gasteiger partial charge in [0, 0.05) is 0 Å². The van der Waals surface area contributed by atoms with E-state index in [-0.39, 0.29) is 0 Å². The maximum absolute atomic E-state index is 10.8. The number of Topliss-reactive ketones (excluding diaryl/α,β-unsaturated/α-hetero) is 1. The fourth-order valence-electron chi connectivity index (χ4n) is 1.21. The molecule has 62 valence electrons. The van der Waals surface area contributed by atoms with Gasteiger partial charge in [0.25, 0.3) is 0 Å². The van der Waals surface area contributed by atoms with E-state index in [0.29, 0.717) is 6.42 Å². The molecule has 0 bridgehead atoms. The van der Waals surface area contributed by atoms with Crippen LogP contribution in [0.1, 0.15) is 20.3 Å². The molecule has 0 saturated carbocycles. The Kier molecular flexibility index (Phi) is 1.72. The summed E-state index contributed by atoms with van der Waals surface area (Å²) in [6.45, 7) is 3.03. The molecule has 0 spiro atoms. The molecule has 0 aromatic heterocycles. The SMILES string of the molecule is CCC1OC1(C(C)=O)C(=O)O. The smallest absolute Gasteiger partial charge is 0.346 e. The number of carbonyl (C=O) groups excluding carboxylic acids is 1. The monoisotopic (exact) mass is 158 g/mol. The lowest BCUT2D eigenvalue weighted by Crippen LogP contribution is -2.34. The van der Waals surface area contributed by atoms with Crippen molar-refractivity contribution in [2.75, 3.05) is 0 Å². The van der Waals surface area contributed by atoms with Crippen LogP contribution in [0.15, 0.2) is 0 Å². The lowest BCUT2D eigenvalue weighted by molar-refractivity contribution is -0.147. The molecule has 0 radical (unpaired) electrons. The second kappa shape index (κ2) is 2.30. The largest absolute Gasteiger partial charge is 0.479 e. The third-order valence-electron chi connectivity index (χ3n) is 1.94. The quantitative estimate of drug-likeness (QED) is 0.471. The molecule has 4 heteroatoms. The Labute approximate surface area is 64.2 Å².